The molecular weight excluding hydrogens is 627 g/mol. The first kappa shape index (κ1) is 34.9. The Morgan fingerprint density at radius 2 is 1.74 bits per heavy atom. The Bertz CT molecular complexity index is 1730. The number of benzene rings is 3. The van der Waals surface area contributed by atoms with E-state index in [0.717, 1.165) is 0 Å². The van der Waals surface area contributed by atoms with Gasteiger partial charge in [0.05, 0.1) is 51.7 Å². The van der Waals surface area contributed by atoms with Crippen molar-refractivity contribution in [2.24, 2.45) is 5.73 Å². The van der Waals surface area contributed by atoms with Crippen LogP contribution in [0.4, 0.5) is 0 Å². The van der Waals surface area contributed by atoms with Gasteiger partial charge in [0, 0.05) is 19.6 Å². The Balaban J connectivity index is 1.90. The minimum absolute atomic E-state index is 0.0356. The van der Waals surface area contributed by atoms with Crippen LogP contribution in [0.5, 0.6) is 5.75 Å². The van der Waals surface area contributed by atoms with Gasteiger partial charge in [-0.1, -0.05) is 41.4 Å². The van der Waals surface area contributed by atoms with E-state index in [0.29, 0.717) is 63.5 Å². The summed E-state index contributed by atoms with van der Waals surface area (Å²) in [7, 11) is 3.84. The first-order chi connectivity index (χ1) is 22.0. The lowest BCUT2D eigenvalue weighted by atomic mass is 10.1. The second-order valence-corrected chi connectivity index (χ2v) is 12.1. The average molecular weight is 668 g/mol. The summed E-state index contributed by atoms with van der Waals surface area (Å²) >= 11 is 12.4. The molecule has 46 heavy (non-hydrogen) atoms. The largest absolute Gasteiger partial charge is 0.494 e. The highest BCUT2D eigenvalue weighted by Crippen LogP contribution is 2.29. The van der Waals surface area contributed by atoms with E-state index in [1.165, 1.54) is 0 Å². The molecule has 0 aliphatic heterocycles. The summed E-state index contributed by atoms with van der Waals surface area (Å²) < 4.78 is 7.18. The summed E-state index contributed by atoms with van der Waals surface area (Å²) in [5.41, 5.74) is 7.28. The zero-order chi connectivity index (χ0) is 33.4. The van der Waals surface area contributed by atoms with E-state index in [4.69, 9.17) is 38.7 Å². The molecule has 0 bridgehead atoms. The highest BCUT2D eigenvalue weighted by molar-refractivity contribution is 6.42. The number of ether oxygens (including phenoxy) is 1. The summed E-state index contributed by atoms with van der Waals surface area (Å²) in [5.74, 6) is 0.499. The Hall–Kier alpha value is -3.96. The van der Waals surface area contributed by atoms with Crippen LogP contribution in [0, 0.1) is 0 Å². The van der Waals surface area contributed by atoms with Crippen LogP contribution in [0.1, 0.15) is 37.7 Å². The number of aromatic nitrogens is 2. The Labute approximate surface area is 279 Å². The summed E-state index contributed by atoms with van der Waals surface area (Å²) in [6, 6.07) is 18.0. The van der Waals surface area contributed by atoms with Crippen molar-refractivity contribution in [2.75, 3.05) is 40.3 Å². The molecule has 4 aromatic rings. The molecule has 1 unspecified atom stereocenters. The summed E-state index contributed by atoms with van der Waals surface area (Å²) in [6.45, 7) is 5.05. The fourth-order valence-electron chi connectivity index (χ4n) is 5.09. The van der Waals surface area contributed by atoms with Crippen LogP contribution in [0.3, 0.4) is 0 Å². The smallest absolute Gasteiger partial charge is 0.266 e. The number of nitrogens with one attached hydrogen (secondary N) is 1. The molecule has 3 aromatic carbocycles. The minimum atomic E-state index is -0.715. The topological polar surface area (TPSA) is 123 Å². The van der Waals surface area contributed by atoms with Gasteiger partial charge in [-0.25, -0.2) is 4.98 Å². The van der Waals surface area contributed by atoms with E-state index in [2.05, 4.69) is 5.32 Å². The van der Waals surface area contributed by atoms with Gasteiger partial charge in [0.15, 0.2) is 0 Å². The number of nitrogens with zero attached hydrogens (tertiary/aromatic N) is 4. The van der Waals surface area contributed by atoms with Crippen molar-refractivity contribution in [3.63, 3.8) is 0 Å². The van der Waals surface area contributed by atoms with Crippen LogP contribution in [-0.4, -0.2) is 77.5 Å². The number of halogens is 2. The number of amides is 2. The van der Waals surface area contributed by atoms with Gasteiger partial charge in [0.1, 0.15) is 11.6 Å². The molecule has 244 valence electrons. The molecule has 0 fully saturated rings. The van der Waals surface area contributed by atoms with E-state index in [9.17, 15) is 14.4 Å². The molecule has 0 saturated heterocycles. The zero-order valence-electron chi connectivity index (χ0n) is 26.5. The molecule has 12 heteroatoms. The van der Waals surface area contributed by atoms with Crippen LogP contribution in [0.2, 0.25) is 10.0 Å². The van der Waals surface area contributed by atoms with E-state index >= 15 is 0 Å². The summed E-state index contributed by atoms with van der Waals surface area (Å²) in [5, 5.41) is 4.04. The zero-order valence-corrected chi connectivity index (χ0v) is 28.0. The number of hydrogen-bond donors (Lipinski definition) is 2. The number of carbonyl (C=O) groups is 2. The molecule has 1 heterocycles. The van der Waals surface area contributed by atoms with Crippen LogP contribution < -0.4 is 21.3 Å². The lowest BCUT2D eigenvalue weighted by Gasteiger charge is -2.34. The second kappa shape index (κ2) is 16.0. The predicted molar refractivity (Wildman–Crippen MR) is 183 cm³/mol. The number of para-hydroxylation sites is 1. The lowest BCUT2D eigenvalue weighted by molar-refractivity contribution is -0.133. The van der Waals surface area contributed by atoms with Gasteiger partial charge in [-0.15, -0.1) is 0 Å². The number of hydrogen-bond acceptors (Lipinski definition) is 7. The quantitative estimate of drug-likeness (QED) is 0.201. The third-order valence-electron chi connectivity index (χ3n) is 7.46. The fourth-order valence-corrected chi connectivity index (χ4v) is 5.41. The van der Waals surface area contributed by atoms with E-state index in [-0.39, 0.29) is 36.8 Å². The third kappa shape index (κ3) is 8.64. The van der Waals surface area contributed by atoms with Gasteiger partial charge < -0.3 is 25.6 Å². The van der Waals surface area contributed by atoms with E-state index < -0.39 is 12.1 Å². The van der Waals surface area contributed by atoms with Crippen molar-refractivity contribution in [3.05, 3.63) is 98.5 Å². The Morgan fingerprint density at radius 3 is 2.39 bits per heavy atom. The van der Waals surface area contributed by atoms with Crippen molar-refractivity contribution in [1.29, 1.82) is 0 Å². The van der Waals surface area contributed by atoms with E-state index in [1.807, 2.05) is 32.0 Å². The van der Waals surface area contributed by atoms with Crippen molar-refractivity contribution < 1.29 is 14.3 Å². The SMILES string of the molecule is CCOc1ccc(-n2c(C(CCNC(=O)[C@@H](C)N)N(CCN(C)C)C(=O)Cc3ccc(Cl)c(Cl)c3)nc3ccccc3c2=O)cc1. The molecule has 3 N–H and O–H groups in total. The molecule has 0 aliphatic rings. The first-order valence-electron chi connectivity index (χ1n) is 15.2. The van der Waals surface area contributed by atoms with Crippen molar-refractivity contribution in [1.82, 2.24) is 24.7 Å². The van der Waals surface area contributed by atoms with Gasteiger partial charge >= 0.3 is 0 Å². The van der Waals surface area contributed by atoms with Gasteiger partial charge in [0.25, 0.3) is 5.56 Å². The highest BCUT2D eigenvalue weighted by Gasteiger charge is 2.30. The summed E-state index contributed by atoms with van der Waals surface area (Å²) in [4.78, 5) is 49.6. The van der Waals surface area contributed by atoms with Crippen molar-refractivity contribution >= 4 is 45.9 Å². The molecule has 2 atom stereocenters. The molecule has 10 nitrogen and oxygen atoms in total. The number of fused-ring (bicyclic) bond motifs is 1. The second-order valence-electron chi connectivity index (χ2n) is 11.3. The fraction of sp³-hybridized carbons (Fsp3) is 0.353. The number of likely N-dealkylation sites (N-methyl/N-ethyl adjacent to an activating group) is 1. The standard InChI is InChI=1S/C34H40Cl2N6O4/c1-5-46-25-13-11-24(12-14-25)42-32(39-29-9-7-6-8-26(29)34(42)45)30(16-17-38-33(44)22(2)37)41(19-18-40(3)4)31(43)21-23-10-15-27(35)28(36)20-23/h6-15,20,22,30H,5,16-19,21,37H2,1-4H3,(H,38,44)/t22-,30?/m1/s1. The third-order valence-corrected chi connectivity index (χ3v) is 8.20. The summed E-state index contributed by atoms with van der Waals surface area (Å²) in [6.07, 6.45) is 0.300. The number of nitrogens with two attached hydrogens (primary N) is 1. The maximum absolute atomic E-state index is 14.2. The number of carbonyl (C=O) groups excluding carboxylic acids is 2. The molecule has 0 spiro atoms. The predicted octanol–water partition coefficient (Wildman–Crippen LogP) is 4.62. The minimum Gasteiger partial charge on any atom is -0.494 e. The highest BCUT2D eigenvalue weighted by atomic mass is 35.5. The molecule has 0 radical (unpaired) electrons. The van der Waals surface area contributed by atoms with Gasteiger partial charge in [-0.05, 0) is 88.5 Å². The molecular formula is C34H40Cl2N6O4. The first-order valence-corrected chi connectivity index (χ1v) is 15.9. The molecule has 0 saturated carbocycles. The van der Waals surface area contributed by atoms with Crippen LogP contribution in [0.15, 0.2) is 71.5 Å². The normalized spacial score (nSPS) is 12.6. The van der Waals surface area contributed by atoms with Gasteiger partial charge in [0.2, 0.25) is 11.8 Å². The van der Waals surface area contributed by atoms with Crippen molar-refractivity contribution in [3.8, 4) is 11.4 Å². The van der Waals surface area contributed by atoms with Crippen molar-refractivity contribution in [2.45, 2.75) is 38.8 Å². The van der Waals surface area contributed by atoms with Crippen LogP contribution in [0.25, 0.3) is 16.6 Å². The Kier molecular flexibility index (Phi) is 12.2. The Morgan fingerprint density at radius 1 is 1.02 bits per heavy atom. The van der Waals surface area contributed by atoms with Gasteiger partial charge in [-0.3, -0.25) is 19.0 Å². The molecule has 1 aromatic heterocycles. The number of rotatable bonds is 14. The molecule has 4 rings (SSSR count). The molecule has 0 aliphatic carbocycles. The maximum atomic E-state index is 14.2. The lowest BCUT2D eigenvalue weighted by Crippen LogP contribution is -2.44. The molecule has 2 amide bonds. The van der Waals surface area contributed by atoms with E-state index in [1.54, 1.807) is 77.1 Å². The maximum Gasteiger partial charge on any atom is 0.266 e. The average Bonchev–Trinajstić information content (AvgIpc) is 3.02. The monoisotopic (exact) mass is 666 g/mol. The van der Waals surface area contributed by atoms with Gasteiger partial charge in [-0.2, -0.15) is 0 Å². The van der Waals surface area contributed by atoms with Crippen LogP contribution in [-0.2, 0) is 16.0 Å². The van der Waals surface area contributed by atoms with Crippen LogP contribution >= 0.6 is 23.2 Å².